The second kappa shape index (κ2) is 5.45. The van der Waals surface area contributed by atoms with Crippen LogP contribution in [-0.2, 0) is 6.42 Å². The molecule has 0 spiro atoms. The van der Waals surface area contributed by atoms with Gasteiger partial charge in [0.25, 0.3) is 0 Å². The first-order valence-corrected chi connectivity index (χ1v) is 7.14. The maximum absolute atomic E-state index is 13.6. The molecule has 0 nitrogen and oxygen atoms in total. The fourth-order valence-electron chi connectivity index (χ4n) is 2.42. The molecule has 0 saturated heterocycles. The zero-order valence-electron chi connectivity index (χ0n) is 11.5. The van der Waals surface area contributed by atoms with Crippen molar-refractivity contribution in [3.63, 3.8) is 0 Å². The number of aryl methyl sites for hydroxylation is 1. The summed E-state index contributed by atoms with van der Waals surface area (Å²) in [5.74, 6) is -1.49. The van der Waals surface area contributed by atoms with Gasteiger partial charge in [0.2, 0.25) is 0 Å². The third-order valence-corrected chi connectivity index (χ3v) is 3.99. The number of fused-ring (bicyclic) bond motifs is 1. The molecule has 3 rings (SSSR count). The van der Waals surface area contributed by atoms with E-state index in [4.69, 9.17) is 11.6 Å². The molecule has 0 atom stereocenters. The Morgan fingerprint density at radius 1 is 0.810 bits per heavy atom. The van der Waals surface area contributed by atoms with Gasteiger partial charge in [-0.1, -0.05) is 48.9 Å². The Kier molecular flexibility index (Phi) is 3.64. The van der Waals surface area contributed by atoms with E-state index in [2.05, 4.69) is 19.1 Å². The zero-order chi connectivity index (χ0) is 15.0. The van der Waals surface area contributed by atoms with Crippen molar-refractivity contribution >= 4 is 22.4 Å². The normalized spacial score (nSPS) is 11.0. The number of hydrogen-bond acceptors (Lipinski definition) is 0. The molecule has 21 heavy (non-hydrogen) atoms. The van der Waals surface area contributed by atoms with Gasteiger partial charge in [-0.3, -0.25) is 0 Å². The van der Waals surface area contributed by atoms with Crippen molar-refractivity contribution in [1.82, 2.24) is 0 Å². The van der Waals surface area contributed by atoms with Crippen molar-refractivity contribution in [3.8, 4) is 11.1 Å². The predicted molar refractivity (Wildman–Crippen MR) is 83.7 cm³/mol. The Labute approximate surface area is 127 Å². The number of halogens is 3. The van der Waals surface area contributed by atoms with E-state index in [1.807, 2.05) is 24.3 Å². The van der Waals surface area contributed by atoms with E-state index in [-0.39, 0.29) is 0 Å². The Balaban J connectivity index is 2.13. The van der Waals surface area contributed by atoms with Crippen LogP contribution in [0.1, 0.15) is 12.5 Å². The highest BCUT2D eigenvalue weighted by Gasteiger charge is 2.10. The van der Waals surface area contributed by atoms with Crippen LogP contribution in [0.2, 0.25) is 5.02 Å². The first-order valence-electron chi connectivity index (χ1n) is 6.76. The van der Waals surface area contributed by atoms with Crippen molar-refractivity contribution < 1.29 is 8.78 Å². The van der Waals surface area contributed by atoms with Gasteiger partial charge >= 0.3 is 0 Å². The summed E-state index contributed by atoms with van der Waals surface area (Å²) in [6.07, 6.45) is 0.977. The number of rotatable bonds is 2. The topological polar surface area (TPSA) is 0 Å². The van der Waals surface area contributed by atoms with Gasteiger partial charge < -0.3 is 0 Å². The Morgan fingerprint density at radius 3 is 2.10 bits per heavy atom. The Hall–Kier alpha value is -1.93. The minimum Gasteiger partial charge on any atom is -0.205 e. The molecule has 0 bridgehead atoms. The third-order valence-electron chi connectivity index (χ3n) is 3.63. The van der Waals surface area contributed by atoms with Crippen LogP contribution in [0.4, 0.5) is 8.78 Å². The van der Waals surface area contributed by atoms with Gasteiger partial charge in [0, 0.05) is 0 Å². The summed E-state index contributed by atoms with van der Waals surface area (Å²) in [5.41, 5.74) is 2.51. The predicted octanol–water partition coefficient (Wildman–Crippen LogP) is 6.00. The van der Waals surface area contributed by atoms with Crippen LogP contribution in [0.25, 0.3) is 21.9 Å². The quantitative estimate of drug-likeness (QED) is 0.509. The van der Waals surface area contributed by atoms with Gasteiger partial charge in [-0.05, 0) is 52.1 Å². The molecule has 106 valence electrons. The minimum absolute atomic E-state index is 0.466. The summed E-state index contributed by atoms with van der Waals surface area (Å²) in [4.78, 5) is 0. The van der Waals surface area contributed by atoms with Gasteiger partial charge in [-0.25, -0.2) is 8.78 Å². The van der Waals surface area contributed by atoms with Crippen LogP contribution >= 0.6 is 11.6 Å². The molecule has 0 aromatic heterocycles. The first kappa shape index (κ1) is 14.0. The van der Waals surface area contributed by atoms with E-state index in [0.29, 0.717) is 5.56 Å². The Bertz CT molecular complexity index is 802. The van der Waals surface area contributed by atoms with Gasteiger partial charge in [0.1, 0.15) is 16.7 Å². The largest absolute Gasteiger partial charge is 0.205 e. The highest BCUT2D eigenvalue weighted by Crippen LogP contribution is 2.29. The molecule has 0 fully saturated rings. The monoisotopic (exact) mass is 302 g/mol. The summed E-state index contributed by atoms with van der Waals surface area (Å²) in [5, 5.41) is 1.70. The molecular weight excluding hydrogens is 290 g/mol. The molecular formula is C18H13ClF2. The van der Waals surface area contributed by atoms with E-state index in [0.717, 1.165) is 22.8 Å². The second-order valence-electron chi connectivity index (χ2n) is 5.00. The molecule has 0 aliphatic heterocycles. The van der Waals surface area contributed by atoms with Gasteiger partial charge in [-0.15, -0.1) is 0 Å². The van der Waals surface area contributed by atoms with Gasteiger partial charge in [-0.2, -0.15) is 0 Å². The molecule has 0 amide bonds. The molecule has 0 N–H and O–H groups in total. The summed E-state index contributed by atoms with van der Waals surface area (Å²) < 4.78 is 27.1. The van der Waals surface area contributed by atoms with Crippen molar-refractivity contribution in [2.45, 2.75) is 13.3 Å². The second-order valence-corrected chi connectivity index (χ2v) is 5.38. The van der Waals surface area contributed by atoms with E-state index in [1.54, 1.807) is 0 Å². The highest BCUT2D eigenvalue weighted by atomic mass is 35.5. The lowest BCUT2D eigenvalue weighted by Gasteiger charge is -2.07. The molecule has 0 radical (unpaired) electrons. The van der Waals surface area contributed by atoms with Crippen molar-refractivity contribution in [3.05, 3.63) is 70.8 Å². The highest BCUT2D eigenvalue weighted by molar-refractivity contribution is 6.31. The van der Waals surface area contributed by atoms with Crippen molar-refractivity contribution in [2.24, 2.45) is 0 Å². The Morgan fingerprint density at radius 2 is 1.43 bits per heavy atom. The lowest BCUT2D eigenvalue weighted by Crippen LogP contribution is -1.88. The standard InChI is InChI=1S/C18H13ClF2/c1-2-11-3-4-13-8-14(6-5-12(13)7-11)15-9-16(20)18(19)17(21)10-15/h3-10H,2H2,1H3. The average Bonchev–Trinajstić information content (AvgIpc) is 2.51. The molecule has 0 aliphatic rings. The molecule has 3 aromatic rings. The average molecular weight is 303 g/mol. The molecule has 3 aromatic carbocycles. The van der Waals surface area contributed by atoms with E-state index >= 15 is 0 Å². The summed E-state index contributed by atoms with van der Waals surface area (Å²) in [7, 11) is 0. The van der Waals surface area contributed by atoms with Gasteiger partial charge in [0.15, 0.2) is 0 Å². The number of hydrogen-bond donors (Lipinski definition) is 0. The summed E-state index contributed by atoms with van der Waals surface area (Å²) >= 11 is 5.52. The van der Waals surface area contributed by atoms with E-state index in [9.17, 15) is 8.78 Å². The lowest BCUT2D eigenvalue weighted by atomic mass is 9.99. The van der Waals surface area contributed by atoms with Crippen LogP contribution in [0.3, 0.4) is 0 Å². The molecule has 3 heteroatoms. The summed E-state index contributed by atoms with van der Waals surface area (Å²) in [6, 6.07) is 14.5. The SMILES string of the molecule is CCc1ccc2cc(-c3cc(F)c(Cl)c(F)c3)ccc2c1. The third kappa shape index (κ3) is 2.64. The summed E-state index contributed by atoms with van der Waals surface area (Å²) in [6.45, 7) is 2.11. The van der Waals surface area contributed by atoms with Crippen LogP contribution in [-0.4, -0.2) is 0 Å². The van der Waals surface area contributed by atoms with Crippen molar-refractivity contribution in [1.29, 1.82) is 0 Å². The van der Waals surface area contributed by atoms with E-state index < -0.39 is 16.7 Å². The van der Waals surface area contributed by atoms with Crippen LogP contribution in [0, 0.1) is 11.6 Å². The zero-order valence-corrected chi connectivity index (χ0v) is 12.2. The minimum atomic E-state index is -0.743. The van der Waals surface area contributed by atoms with Crippen molar-refractivity contribution in [2.75, 3.05) is 0 Å². The fraction of sp³-hybridized carbons (Fsp3) is 0.111. The van der Waals surface area contributed by atoms with E-state index in [1.165, 1.54) is 17.7 Å². The first-order chi connectivity index (χ1) is 10.1. The molecule has 0 unspecified atom stereocenters. The fourth-order valence-corrected chi connectivity index (χ4v) is 2.53. The van der Waals surface area contributed by atoms with Gasteiger partial charge in [0.05, 0.1) is 0 Å². The maximum Gasteiger partial charge on any atom is 0.145 e. The number of benzene rings is 3. The molecule has 0 heterocycles. The molecule has 0 aliphatic carbocycles. The lowest BCUT2D eigenvalue weighted by molar-refractivity contribution is 0.585. The van der Waals surface area contributed by atoms with Crippen LogP contribution in [0.5, 0.6) is 0 Å². The smallest absolute Gasteiger partial charge is 0.145 e. The van der Waals surface area contributed by atoms with Crippen LogP contribution in [0.15, 0.2) is 48.5 Å². The maximum atomic E-state index is 13.6. The molecule has 0 saturated carbocycles. The van der Waals surface area contributed by atoms with Crippen LogP contribution < -0.4 is 0 Å².